The van der Waals surface area contributed by atoms with Crippen molar-refractivity contribution in [3.05, 3.63) is 540 Å². The van der Waals surface area contributed by atoms with Crippen molar-refractivity contribution in [2.24, 2.45) is 0 Å². The Hall–Kier alpha value is -17.9. The minimum atomic E-state index is -0.380. The number of nitrogens with zero attached hydrogens (tertiary/aromatic N) is 3. The zero-order chi connectivity index (χ0) is 101. The lowest BCUT2D eigenvalue weighted by Gasteiger charge is -2.15. The Morgan fingerprint density at radius 3 is 0.917 bits per heavy atom. The van der Waals surface area contributed by atoms with E-state index in [1.165, 1.54) is 184 Å². The standard InChI is InChI=1S/2C48H31NS.C42H27NS/c1-3-14-32(15-4-1)34-26-29-45-42(31-34)40-21-8-11-24-44(40)49(45)43-23-10-7-20-37(43)35-18-13-19-36(30-35)38-27-28-39(33-16-5-2-6-17-33)48-47(38)41-22-9-12-25-46(41)50-48;1-3-12-32(13-4-1)35-22-25-46-41(29-35)40-19-8-10-21-45(40)49(46)44-20-9-7-18-39(44)38-17-11-16-34(28-38)37-24-27-48-43(31-37)42-30-36(23-26-47(42)50-48)33-14-5-2-6-15-33;1-2-11-28(12-3-1)30-21-23-40-36(26-30)34-16-5-8-19-39(34)43(40)38-18-7-4-15-33(38)32-14-10-13-29(25-32)31-22-24-42-37(27-31)35-17-6-9-20-41(35)44-42/h2*1-31H;1-27H/i;;6D,9D,17D,20D,22D,24D,27D. The van der Waals surface area contributed by atoms with Crippen molar-refractivity contribution in [1.82, 2.24) is 13.7 Å². The van der Waals surface area contributed by atoms with E-state index in [1.54, 1.807) is 0 Å². The fourth-order valence-corrected chi connectivity index (χ4v) is 24.8. The van der Waals surface area contributed by atoms with Gasteiger partial charge in [0.05, 0.1) is 59.8 Å². The minimum absolute atomic E-state index is 0.0238. The van der Waals surface area contributed by atoms with E-state index in [4.69, 9.17) is 8.22 Å². The Labute approximate surface area is 856 Å². The first-order valence-electron chi connectivity index (χ1n) is 52.1. The predicted molar refractivity (Wildman–Crippen MR) is 621 cm³/mol. The van der Waals surface area contributed by atoms with Crippen LogP contribution in [0.1, 0.15) is 9.60 Å². The van der Waals surface area contributed by atoms with E-state index in [2.05, 4.69) is 450 Å². The average Bonchev–Trinajstić information content (AvgIpc) is 1.60. The number of aromatic nitrogens is 3. The summed E-state index contributed by atoms with van der Waals surface area (Å²) in [5.41, 5.74) is 35.0. The molecule has 0 aliphatic carbocycles. The van der Waals surface area contributed by atoms with Crippen LogP contribution in [-0.2, 0) is 0 Å². The van der Waals surface area contributed by atoms with Gasteiger partial charge in [0.25, 0.3) is 0 Å². The molecule has 23 aromatic carbocycles. The summed E-state index contributed by atoms with van der Waals surface area (Å²) >= 11 is 4.80. The van der Waals surface area contributed by atoms with Crippen LogP contribution in [0.4, 0.5) is 0 Å². The molecule has 6 heterocycles. The normalized spacial score (nSPS) is 12.3. The van der Waals surface area contributed by atoms with Crippen LogP contribution in [0, 0.1) is 0 Å². The van der Waals surface area contributed by atoms with E-state index < -0.39 is 0 Å². The molecule has 0 saturated heterocycles. The van der Waals surface area contributed by atoms with Crippen LogP contribution in [-0.4, -0.2) is 13.7 Å². The number of thiophene rings is 3. The van der Waals surface area contributed by atoms with Crippen LogP contribution < -0.4 is 0 Å². The average molecular weight is 1890 g/mol. The van der Waals surface area contributed by atoms with Crippen molar-refractivity contribution in [3.8, 4) is 139 Å². The smallest absolute Gasteiger partial charge is 0.0638 e. The van der Waals surface area contributed by atoms with Crippen molar-refractivity contribution in [2.45, 2.75) is 0 Å². The molecule has 0 amide bonds. The highest BCUT2D eigenvalue weighted by molar-refractivity contribution is 7.27. The Balaban J connectivity index is 0.000000111. The molecule has 0 aliphatic heterocycles. The molecular formula is C138H89N3S3. The molecule has 0 unspecified atom stereocenters. The van der Waals surface area contributed by atoms with Gasteiger partial charge in [-0.05, 0) is 245 Å². The molecule has 6 aromatic heterocycles. The molecule has 0 saturated carbocycles. The van der Waals surface area contributed by atoms with Gasteiger partial charge in [-0.3, -0.25) is 0 Å². The number of fused-ring (bicyclic) bond motifs is 18. The third-order valence-corrected chi connectivity index (χ3v) is 31.7. The second-order valence-electron chi connectivity index (χ2n) is 36.6. The fraction of sp³-hybridized carbons (Fsp3) is 0. The summed E-state index contributed by atoms with van der Waals surface area (Å²) in [7, 11) is 0. The van der Waals surface area contributed by atoms with E-state index in [1.807, 2.05) is 83.3 Å². The lowest BCUT2D eigenvalue weighted by molar-refractivity contribution is 1.18. The molecule has 29 rings (SSSR count). The van der Waals surface area contributed by atoms with Gasteiger partial charge in [-0.25, -0.2) is 0 Å². The van der Waals surface area contributed by atoms with Crippen LogP contribution in [0.2, 0.25) is 0 Å². The summed E-state index contributed by atoms with van der Waals surface area (Å²) in [4.78, 5) is 0. The lowest BCUT2D eigenvalue weighted by atomic mass is 9.93. The van der Waals surface area contributed by atoms with E-state index >= 15 is 0 Å². The van der Waals surface area contributed by atoms with Crippen molar-refractivity contribution >= 4 is 160 Å². The fourth-order valence-electron chi connectivity index (χ4n) is 21.6. The highest BCUT2D eigenvalue weighted by Gasteiger charge is 2.25. The molecule has 144 heavy (non-hydrogen) atoms. The summed E-state index contributed by atoms with van der Waals surface area (Å²) in [5, 5.41) is 13.1. The number of hydrogen-bond donors (Lipinski definition) is 0. The molecule has 29 aromatic rings. The highest BCUT2D eigenvalue weighted by Crippen LogP contribution is 2.50. The molecular weight excluding hydrogens is 1800 g/mol. The van der Waals surface area contributed by atoms with Crippen LogP contribution >= 0.6 is 34.0 Å². The van der Waals surface area contributed by atoms with Gasteiger partial charge >= 0.3 is 0 Å². The quantitative estimate of drug-likeness (QED) is 0.103. The Kier molecular flexibility index (Phi) is 19.7. The first-order valence-corrected chi connectivity index (χ1v) is 51.1. The molecule has 3 nitrogen and oxygen atoms in total. The van der Waals surface area contributed by atoms with Crippen LogP contribution in [0.5, 0.6) is 0 Å². The first kappa shape index (κ1) is 78.0. The van der Waals surface area contributed by atoms with E-state index in [0.29, 0.717) is 15.0 Å². The first-order chi connectivity index (χ1) is 74.3. The molecule has 0 radical (unpaired) electrons. The molecule has 0 fully saturated rings. The SMILES string of the molecule is [2H]c1c([2H])c([2H])c2c(sc3c([2H])c([2H])c(-c4cccc(-c5ccccc5-n5c6ccccc6c6cc(-c7ccccc7)ccc65)c4)c([2H])c32)c1[2H].c1ccc(-c2ccc3c(c2)c2ccccc2n3-c2ccccc2-c2cccc(-c3ccc(-c4ccccc4)c4sc5ccccc5c34)c2)cc1.c1ccc(-c2ccc3sc4ccc(-c5cccc(-c6ccccc6-n6c7ccccc7c7cc(-c8ccccc8)ccc76)c5)cc4c3c2)cc1. The topological polar surface area (TPSA) is 14.8 Å². The van der Waals surface area contributed by atoms with Gasteiger partial charge in [-0.15, -0.1) is 34.0 Å². The largest absolute Gasteiger partial charge is 0.309 e. The van der Waals surface area contributed by atoms with E-state index in [9.17, 15) is 1.37 Å². The minimum Gasteiger partial charge on any atom is -0.309 e. The third-order valence-electron chi connectivity index (χ3n) is 28.3. The van der Waals surface area contributed by atoms with Crippen LogP contribution in [0.3, 0.4) is 0 Å². The summed E-state index contributed by atoms with van der Waals surface area (Å²) in [6, 6.07) is 177. The van der Waals surface area contributed by atoms with Gasteiger partial charge in [0, 0.05) is 110 Å². The number of hydrogen-bond acceptors (Lipinski definition) is 3. The van der Waals surface area contributed by atoms with Crippen molar-refractivity contribution < 1.29 is 9.60 Å². The summed E-state index contributed by atoms with van der Waals surface area (Å²) in [5.74, 6) is 0. The second-order valence-corrected chi connectivity index (χ2v) is 39.8. The van der Waals surface area contributed by atoms with Gasteiger partial charge in [0.15, 0.2) is 0 Å². The Morgan fingerprint density at radius 2 is 0.458 bits per heavy atom. The monoisotopic (exact) mass is 1890 g/mol. The zero-order valence-corrected chi connectivity index (χ0v) is 80.4. The summed E-state index contributed by atoms with van der Waals surface area (Å²) in [6.07, 6.45) is 0. The highest BCUT2D eigenvalue weighted by atomic mass is 32.1. The van der Waals surface area contributed by atoms with Crippen LogP contribution in [0.15, 0.2) is 540 Å². The van der Waals surface area contributed by atoms with E-state index in [-0.39, 0.29) is 58.6 Å². The number of para-hydroxylation sites is 6. The van der Waals surface area contributed by atoms with E-state index in [0.717, 1.165) is 61.1 Å². The maximum Gasteiger partial charge on any atom is 0.0638 e. The Bertz CT molecular complexity index is 10500. The van der Waals surface area contributed by atoms with Gasteiger partial charge in [0.2, 0.25) is 0 Å². The molecule has 0 aliphatic rings. The van der Waals surface area contributed by atoms with Gasteiger partial charge in [0.1, 0.15) is 0 Å². The lowest BCUT2D eigenvalue weighted by Crippen LogP contribution is -1.97. The van der Waals surface area contributed by atoms with Crippen LogP contribution in [0.25, 0.3) is 265 Å². The molecule has 0 spiro atoms. The van der Waals surface area contributed by atoms with Crippen molar-refractivity contribution in [2.75, 3.05) is 0 Å². The number of benzene rings is 23. The Morgan fingerprint density at radius 1 is 0.153 bits per heavy atom. The van der Waals surface area contributed by atoms with Gasteiger partial charge in [-0.2, -0.15) is 0 Å². The molecule has 0 bridgehead atoms. The molecule has 0 N–H and O–H groups in total. The molecule has 674 valence electrons. The van der Waals surface area contributed by atoms with Crippen molar-refractivity contribution in [1.29, 1.82) is 0 Å². The molecule has 6 heteroatoms. The second kappa shape index (κ2) is 36.4. The summed E-state index contributed by atoms with van der Waals surface area (Å²) < 4.78 is 74.0. The summed E-state index contributed by atoms with van der Waals surface area (Å²) in [6.45, 7) is 0. The maximum atomic E-state index is 9.34. The predicted octanol–water partition coefficient (Wildman–Crippen LogP) is 39.8. The maximum absolute atomic E-state index is 9.34. The molecule has 0 atom stereocenters. The van der Waals surface area contributed by atoms with Gasteiger partial charge < -0.3 is 13.7 Å². The number of rotatable bonds is 14. The van der Waals surface area contributed by atoms with Crippen molar-refractivity contribution in [3.63, 3.8) is 0 Å². The van der Waals surface area contributed by atoms with Gasteiger partial charge in [-0.1, -0.05) is 400 Å². The third kappa shape index (κ3) is 15.3. The zero-order valence-electron chi connectivity index (χ0n) is 84.9.